The molecule has 4 heterocycles. The molecule has 2 saturated heterocycles. The van der Waals surface area contributed by atoms with E-state index in [9.17, 15) is 9.59 Å². The van der Waals surface area contributed by atoms with E-state index in [0.29, 0.717) is 30.4 Å². The van der Waals surface area contributed by atoms with E-state index in [1.54, 1.807) is 11.0 Å². The van der Waals surface area contributed by atoms with Gasteiger partial charge in [-0.15, -0.1) is 0 Å². The number of nitrogens with zero attached hydrogens (tertiary/aromatic N) is 3. The molecule has 2 fully saturated rings. The summed E-state index contributed by atoms with van der Waals surface area (Å²) in [4.78, 5) is 34.6. The third kappa shape index (κ3) is 4.78. The highest BCUT2D eigenvalue weighted by Crippen LogP contribution is 2.43. The number of carbonyl (C=O) groups is 2. The molecule has 8 heteroatoms. The zero-order valence-corrected chi connectivity index (χ0v) is 21.5. The summed E-state index contributed by atoms with van der Waals surface area (Å²) in [6.45, 7) is 6.73. The van der Waals surface area contributed by atoms with Gasteiger partial charge in [0.2, 0.25) is 0 Å². The zero-order chi connectivity index (χ0) is 25.4. The SMILES string of the molecule is CCc1cc(NC(=O)C(=O)N2C[C@@H](C)CC[C@@H]2c2ccc3c(c2)OC2(CCN(C)CC2)C3)cnc1N. The second-order valence-electron chi connectivity index (χ2n) is 10.9. The fourth-order valence-electron chi connectivity index (χ4n) is 5.85. The van der Waals surface area contributed by atoms with Gasteiger partial charge in [-0.2, -0.15) is 0 Å². The van der Waals surface area contributed by atoms with Gasteiger partial charge in [0.05, 0.1) is 17.9 Å². The van der Waals surface area contributed by atoms with Crippen molar-refractivity contribution in [3.63, 3.8) is 0 Å². The van der Waals surface area contributed by atoms with Crippen molar-refractivity contribution in [1.82, 2.24) is 14.8 Å². The summed E-state index contributed by atoms with van der Waals surface area (Å²) in [5, 5.41) is 2.73. The Balaban J connectivity index is 1.34. The Morgan fingerprint density at radius 1 is 1.22 bits per heavy atom. The van der Waals surface area contributed by atoms with Crippen molar-refractivity contribution in [2.45, 2.75) is 64.0 Å². The molecule has 36 heavy (non-hydrogen) atoms. The molecule has 0 radical (unpaired) electrons. The molecule has 0 aliphatic carbocycles. The van der Waals surface area contributed by atoms with Crippen LogP contribution in [0.25, 0.3) is 0 Å². The molecule has 3 N–H and O–H groups in total. The van der Waals surface area contributed by atoms with Crippen LogP contribution in [0, 0.1) is 5.92 Å². The maximum Gasteiger partial charge on any atom is 0.313 e. The summed E-state index contributed by atoms with van der Waals surface area (Å²) < 4.78 is 6.56. The second-order valence-corrected chi connectivity index (χ2v) is 10.9. The van der Waals surface area contributed by atoms with Crippen molar-refractivity contribution >= 4 is 23.3 Å². The van der Waals surface area contributed by atoms with Crippen LogP contribution in [0.15, 0.2) is 30.5 Å². The number of nitrogens with two attached hydrogens (primary N) is 1. The maximum absolute atomic E-state index is 13.4. The number of ether oxygens (including phenoxy) is 1. The molecular weight excluding hydrogens is 454 g/mol. The monoisotopic (exact) mass is 491 g/mol. The van der Waals surface area contributed by atoms with Crippen molar-refractivity contribution in [3.8, 4) is 5.75 Å². The topological polar surface area (TPSA) is 101 Å². The van der Waals surface area contributed by atoms with E-state index >= 15 is 0 Å². The lowest BCUT2D eigenvalue weighted by Crippen LogP contribution is -2.46. The first-order valence-electron chi connectivity index (χ1n) is 13.1. The fourth-order valence-corrected chi connectivity index (χ4v) is 5.85. The van der Waals surface area contributed by atoms with Gasteiger partial charge < -0.3 is 25.6 Å². The quantitative estimate of drug-likeness (QED) is 0.637. The molecule has 5 rings (SSSR count). The number of aromatic nitrogens is 1. The first-order chi connectivity index (χ1) is 17.3. The van der Waals surface area contributed by atoms with Crippen LogP contribution in [-0.2, 0) is 22.4 Å². The molecule has 0 unspecified atom stereocenters. The number of nitrogen functional groups attached to an aromatic ring is 1. The fraction of sp³-hybridized carbons (Fsp3) is 0.536. The van der Waals surface area contributed by atoms with Gasteiger partial charge in [0.15, 0.2) is 0 Å². The number of benzene rings is 1. The summed E-state index contributed by atoms with van der Waals surface area (Å²) in [5.74, 6) is 0.538. The third-order valence-corrected chi connectivity index (χ3v) is 8.13. The minimum atomic E-state index is -0.648. The van der Waals surface area contributed by atoms with Crippen LogP contribution < -0.4 is 15.8 Å². The van der Waals surface area contributed by atoms with E-state index in [-0.39, 0.29) is 11.6 Å². The summed E-state index contributed by atoms with van der Waals surface area (Å²) >= 11 is 0. The van der Waals surface area contributed by atoms with Crippen molar-refractivity contribution in [1.29, 1.82) is 0 Å². The summed E-state index contributed by atoms with van der Waals surface area (Å²) in [5.41, 5.74) is 9.38. The standard InChI is InChI=1S/C28H37N5O3/c1-4-19-13-22(16-30-25(19)29)31-26(34)27(35)33-17-18(2)5-8-23(33)20-6-7-21-15-28(36-24(21)14-20)9-11-32(3)12-10-28/h6-7,13-14,16,18,23H,4-5,8-12,15,17H2,1-3H3,(H2,29,30)(H,31,34)/t18-,23+/m0/s1. The predicted molar refractivity (Wildman–Crippen MR) is 140 cm³/mol. The minimum absolute atomic E-state index is 0.103. The van der Waals surface area contributed by atoms with E-state index in [2.05, 4.69) is 47.4 Å². The number of piperidine rings is 2. The van der Waals surface area contributed by atoms with E-state index < -0.39 is 11.8 Å². The minimum Gasteiger partial charge on any atom is -0.487 e. The Morgan fingerprint density at radius 3 is 2.75 bits per heavy atom. The number of hydrogen-bond donors (Lipinski definition) is 2. The summed E-state index contributed by atoms with van der Waals surface area (Å²) in [7, 11) is 2.16. The summed E-state index contributed by atoms with van der Waals surface area (Å²) in [6.07, 6.45) is 7.01. The lowest BCUT2D eigenvalue weighted by molar-refractivity contribution is -0.146. The van der Waals surface area contributed by atoms with Crippen LogP contribution in [0.4, 0.5) is 11.5 Å². The first-order valence-corrected chi connectivity index (χ1v) is 13.1. The number of aryl methyl sites for hydroxylation is 1. The largest absolute Gasteiger partial charge is 0.487 e. The van der Waals surface area contributed by atoms with Crippen molar-refractivity contribution in [2.24, 2.45) is 5.92 Å². The molecule has 192 valence electrons. The number of pyridine rings is 1. The van der Waals surface area contributed by atoms with Crippen LogP contribution in [-0.4, -0.2) is 58.9 Å². The van der Waals surface area contributed by atoms with E-state index in [4.69, 9.17) is 10.5 Å². The van der Waals surface area contributed by atoms with Crippen molar-refractivity contribution in [2.75, 3.05) is 37.7 Å². The highest BCUT2D eigenvalue weighted by molar-refractivity contribution is 6.39. The molecule has 0 bridgehead atoms. The first kappa shape index (κ1) is 24.6. The number of likely N-dealkylation sites (tertiary alicyclic amines) is 2. The van der Waals surface area contributed by atoms with Crippen molar-refractivity contribution < 1.29 is 14.3 Å². The number of fused-ring (bicyclic) bond motifs is 1. The third-order valence-electron chi connectivity index (χ3n) is 8.13. The number of carbonyl (C=O) groups excluding carboxylic acids is 2. The van der Waals surface area contributed by atoms with Gasteiger partial charge in [0.1, 0.15) is 17.2 Å². The molecule has 3 aliphatic rings. The smallest absolute Gasteiger partial charge is 0.313 e. The zero-order valence-electron chi connectivity index (χ0n) is 21.5. The van der Waals surface area contributed by atoms with Gasteiger partial charge in [-0.3, -0.25) is 9.59 Å². The van der Waals surface area contributed by atoms with E-state index in [0.717, 1.165) is 62.1 Å². The molecule has 8 nitrogen and oxygen atoms in total. The average molecular weight is 492 g/mol. The highest BCUT2D eigenvalue weighted by atomic mass is 16.5. The van der Waals surface area contributed by atoms with Gasteiger partial charge in [0, 0.05) is 38.9 Å². The number of rotatable bonds is 3. The molecular formula is C28H37N5O3. The van der Waals surface area contributed by atoms with Crippen LogP contribution >= 0.6 is 0 Å². The Hall–Kier alpha value is -3.13. The maximum atomic E-state index is 13.4. The number of hydrogen-bond acceptors (Lipinski definition) is 6. The molecule has 3 aliphatic heterocycles. The Labute approximate surface area is 213 Å². The molecule has 1 aromatic carbocycles. The average Bonchev–Trinajstić information content (AvgIpc) is 3.23. The Bertz CT molecular complexity index is 1160. The summed E-state index contributed by atoms with van der Waals surface area (Å²) in [6, 6.07) is 8.01. The van der Waals surface area contributed by atoms with Gasteiger partial charge >= 0.3 is 11.8 Å². The molecule has 2 atom stereocenters. The van der Waals surface area contributed by atoms with Crippen LogP contribution in [0.3, 0.4) is 0 Å². The number of nitrogens with one attached hydrogen (secondary N) is 1. The van der Waals surface area contributed by atoms with Crippen molar-refractivity contribution in [3.05, 3.63) is 47.2 Å². The van der Waals surface area contributed by atoms with E-state index in [1.807, 2.05) is 6.92 Å². The molecule has 0 saturated carbocycles. The normalized spacial score (nSPS) is 23.2. The van der Waals surface area contributed by atoms with Crippen LogP contribution in [0.1, 0.15) is 62.3 Å². The lowest BCUT2D eigenvalue weighted by atomic mass is 9.86. The van der Waals surface area contributed by atoms with Crippen LogP contribution in [0.5, 0.6) is 5.75 Å². The van der Waals surface area contributed by atoms with E-state index in [1.165, 1.54) is 11.8 Å². The van der Waals surface area contributed by atoms with Crippen LogP contribution in [0.2, 0.25) is 0 Å². The molecule has 2 amide bonds. The van der Waals surface area contributed by atoms with Gasteiger partial charge in [0.25, 0.3) is 0 Å². The Kier molecular flexibility index (Phi) is 6.64. The lowest BCUT2D eigenvalue weighted by Gasteiger charge is -2.38. The molecule has 1 aromatic heterocycles. The number of amides is 2. The van der Waals surface area contributed by atoms with Gasteiger partial charge in [-0.05, 0) is 61.1 Å². The Morgan fingerprint density at radius 2 is 2.00 bits per heavy atom. The highest BCUT2D eigenvalue weighted by Gasteiger charge is 2.42. The number of anilines is 2. The van der Waals surface area contributed by atoms with Gasteiger partial charge in [-0.25, -0.2) is 4.98 Å². The molecule has 2 aromatic rings. The molecule has 1 spiro atoms. The second kappa shape index (κ2) is 9.73. The predicted octanol–water partition coefficient (Wildman–Crippen LogP) is 3.56. The van der Waals surface area contributed by atoms with Gasteiger partial charge in [-0.1, -0.05) is 26.0 Å².